The van der Waals surface area contributed by atoms with Gasteiger partial charge in [0.1, 0.15) is 0 Å². The zero-order valence-corrected chi connectivity index (χ0v) is 12.7. The van der Waals surface area contributed by atoms with Crippen molar-refractivity contribution < 1.29 is 0 Å². The largest absolute Gasteiger partial charge is 0.359 e. The second kappa shape index (κ2) is 7.06. The molecule has 2 rings (SSSR count). The first-order chi connectivity index (χ1) is 9.65. The van der Waals surface area contributed by atoms with E-state index in [1.807, 2.05) is 18.2 Å². The molecule has 1 unspecified atom stereocenters. The van der Waals surface area contributed by atoms with E-state index in [1.54, 1.807) is 0 Å². The molecule has 0 heterocycles. The molecular weight excluding hydrogens is 264 g/mol. The van der Waals surface area contributed by atoms with Gasteiger partial charge >= 0.3 is 0 Å². The fourth-order valence-electron chi connectivity index (χ4n) is 1.96. The Morgan fingerprint density at radius 2 is 1.70 bits per heavy atom. The van der Waals surface area contributed by atoms with Crippen LogP contribution >= 0.6 is 12.2 Å². The molecule has 2 aromatic rings. The smallest absolute Gasteiger partial charge is 0.167 e. The summed E-state index contributed by atoms with van der Waals surface area (Å²) in [5, 5.41) is 7.22. The lowest BCUT2D eigenvalue weighted by molar-refractivity contribution is 0.698. The molecule has 2 aromatic carbocycles. The molecule has 3 heteroatoms. The van der Waals surface area contributed by atoms with Gasteiger partial charge in [-0.05, 0) is 37.2 Å². The van der Waals surface area contributed by atoms with Crippen LogP contribution < -0.4 is 10.6 Å². The second-order valence-electron chi connectivity index (χ2n) is 4.94. The highest BCUT2D eigenvalue weighted by molar-refractivity contribution is 7.80. The molecule has 20 heavy (non-hydrogen) atoms. The predicted molar refractivity (Wildman–Crippen MR) is 88.6 cm³/mol. The van der Waals surface area contributed by atoms with E-state index in [4.69, 9.17) is 12.2 Å². The van der Waals surface area contributed by atoms with Gasteiger partial charge in [-0.25, -0.2) is 0 Å². The van der Waals surface area contributed by atoms with Crippen LogP contribution in [0, 0.1) is 6.92 Å². The first kappa shape index (κ1) is 14.5. The number of rotatable bonds is 4. The number of hydrogen-bond donors (Lipinski definition) is 2. The van der Waals surface area contributed by atoms with Gasteiger partial charge in [0, 0.05) is 6.54 Å². The molecular formula is C17H20N2S. The van der Waals surface area contributed by atoms with E-state index in [-0.39, 0.29) is 6.04 Å². The Kier molecular flexibility index (Phi) is 5.13. The van der Waals surface area contributed by atoms with Gasteiger partial charge < -0.3 is 10.6 Å². The SMILES string of the molecule is Cc1ccc(CNC(=S)NC(C)c2ccccc2)cc1. The average molecular weight is 284 g/mol. The molecule has 0 aromatic heterocycles. The van der Waals surface area contributed by atoms with E-state index in [9.17, 15) is 0 Å². The lowest BCUT2D eigenvalue weighted by Gasteiger charge is -2.17. The highest BCUT2D eigenvalue weighted by Gasteiger charge is 2.05. The Bertz CT molecular complexity index is 549. The molecule has 104 valence electrons. The van der Waals surface area contributed by atoms with Crippen LogP contribution in [0.1, 0.15) is 29.7 Å². The highest BCUT2D eigenvalue weighted by Crippen LogP contribution is 2.10. The van der Waals surface area contributed by atoms with Crippen molar-refractivity contribution in [2.45, 2.75) is 26.4 Å². The monoisotopic (exact) mass is 284 g/mol. The van der Waals surface area contributed by atoms with Gasteiger partial charge in [-0.2, -0.15) is 0 Å². The van der Waals surface area contributed by atoms with Crippen molar-refractivity contribution in [1.82, 2.24) is 10.6 Å². The molecule has 2 nitrogen and oxygen atoms in total. The third kappa shape index (κ3) is 4.35. The van der Waals surface area contributed by atoms with Gasteiger partial charge in [0.25, 0.3) is 0 Å². The molecule has 0 bridgehead atoms. The Labute approximate surface area is 126 Å². The maximum Gasteiger partial charge on any atom is 0.167 e. The molecule has 0 aliphatic rings. The van der Waals surface area contributed by atoms with E-state index in [2.05, 4.69) is 60.9 Å². The number of aryl methyl sites for hydroxylation is 1. The van der Waals surface area contributed by atoms with Crippen molar-refractivity contribution in [3.05, 3.63) is 71.3 Å². The molecule has 0 aliphatic carbocycles. The van der Waals surface area contributed by atoms with E-state index < -0.39 is 0 Å². The molecule has 0 amide bonds. The van der Waals surface area contributed by atoms with Crippen LogP contribution in [0.3, 0.4) is 0 Å². The summed E-state index contributed by atoms with van der Waals surface area (Å²) in [6.45, 7) is 4.94. The first-order valence-electron chi connectivity index (χ1n) is 6.80. The molecule has 2 N–H and O–H groups in total. The maximum atomic E-state index is 5.33. The Morgan fingerprint density at radius 3 is 2.35 bits per heavy atom. The summed E-state index contributed by atoms with van der Waals surface area (Å²) in [6.07, 6.45) is 0. The third-order valence-corrected chi connectivity index (χ3v) is 3.48. The maximum absolute atomic E-state index is 5.33. The lowest BCUT2D eigenvalue weighted by Crippen LogP contribution is -2.36. The van der Waals surface area contributed by atoms with Crippen molar-refractivity contribution in [1.29, 1.82) is 0 Å². The molecule has 0 spiro atoms. The molecule has 0 fully saturated rings. The van der Waals surface area contributed by atoms with Crippen molar-refractivity contribution in [2.75, 3.05) is 0 Å². The van der Waals surface area contributed by atoms with E-state index >= 15 is 0 Å². The van der Waals surface area contributed by atoms with Crippen molar-refractivity contribution in [2.24, 2.45) is 0 Å². The van der Waals surface area contributed by atoms with Crippen LogP contribution in [0.15, 0.2) is 54.6 Å². The van der Waals surface area contributed by atoms with Gasteiger partial charge in [0.15, 0.2) is 5.11 Å². The van der Waals surface area contributed by atoms with Crippen LogP contribution in [0.4, 0.5) is 0 Å². The molecule has 1 atom stereocenters. The van der Waals surface area contributed by atoms with Gasteiger partial charge in [-0.3, -0.25) is 0 Å². The lowest BCUT2D eigenvalue weighted by atomic mass is 10.1. The quantitative estimate of drug-likeness (QED) is 0.837. The zero-order chi connectivity index (χ0) is 14.4. The Morgan fingerprint density at radius 1 is 1.05 bits per heavy atom. The number of hydrogen-bond acceptors (Lipinski definition) is 1. The Balaban J connectivity index is 1.82. The number of benzene rings is 2. The minimum Gasteiger partial charge on any atom is -0.359 e. The van der Waals surface area contributed by atoms with Crippen molar-refractivity contribution in [3.8, 4) is 0 Å². The number of nitrogens with one attached hydrogen (secondary N) is 2. The van der Waals surface area contributed by atoms with Crippen LogP contribution in [0.5, 0.6) is 0 Å². The standard InChI is InChI=1S/C17H20N2S/c1-13-8-10-15(11-9-13)12-18-17(20)19-14(2)16-6-4-3-5-7-16/h3-11,14H,12H2,1-2H3,(H2,18,19,20). The predicted octanol–water partition coefficient (Wildman–Crippen LogP) is 3.72. The molecule has 0 saturated carbocycles. The Hall–Kier alpha value is -1.87. The number of thiocarbonyl (C=S) groups is 1. The van der Waals surface area contributed by atoms with Crippen LogP contribution in [-0.4, -0.2) is 5.11 Å². The molecule has 0 saturated heterocycles. The third-order valence-electron chi connectivity index (χ3n) is 3.22. The summed E-state index contributed by atoms with van der Waals surface area (Å²) < 4.78 is 0. The fraction of sp³-hybridized carbons (Fsp3) is 0.235. The summed E-state index contributed by atoms with van der Waals surface area (Å²) in [5.41, 5.74) is 3.73. The van der Waals surface area contributed by atoms with E-state index in [0.717, 1.165) is 6.54 Å². The van der Waals surface area contributed by atoms with Gasteiger partial charge in [0.05, 0.1) is 6.04 Å². The summed E-state index contributed by atoms with van der Waals surface area (Å²) in [4.78, 5) is 0. The van der Waals surface area contributed by atoms with Crippen LogP contribution in [0.25, 0.3) is 0 Å². The second-order valence-corrected chi connectivity index (χ2v) is 5.35. The normalized spacial score (nSPS) is 11.7. The van der Waals surface area contributed by atoms with Gasteiger partial charge in [-0.15, -0.1) is 0 Å². The van der Waals surface area contributed by atoms with E-state index in [0.29, 0.717) is 5.11 Å². The fourth-order valence-corrected chi connectivity index (χ4v) is 2.21. The summed E-state index contributed by atoms with van der Waals surface area (Å²) in [7, 11) is 0. The van der Waals surface area contributed by atoms with Crippen LogP contribution in [0.2, 0.25) is 0 Å². The summed E-state index contributed by atoms with van der Waals surface area (Å²) in [6, 6.07) is 18.9. The first-order valence-corrected chi connectivity index (χ1v) is 7.21. The minimum atomic E-state index is 0.203. The van der Waals surface area contributed by atoms with E-state index in [1.165, 1.54) is 16.7 Å². The molecule has 0 aliphatic heterocycles. The zero-order valence-electron chi connectivity index (χ0n) is 11.9. The minimum absolute atomic E-state index is 0.203. The van der Waals surface area contributed by atoms with Gasteiger partial charge in [0.2, 0.25) is 0 Å². The van der Waals surface area contributed by atoms with Crippen molar-refractivity contribution >= 4 is 17.3 Å². The van der Waals surface area contributed by atoms with Gasteiger partial charge in [-0.1, -0.05) is 60.2 Å². The topological polar surface area (TPSA) is 24.1 Å². The summed E-state index contributed by atoms with van der Waals surface area (Å²) in [5.74, 6) is 0. The summed E-state index contributed by atoms with van der Waals surface area (Å²) >= 11 is 5.33. The van der Waals surface area contributed by atoms with Crippen LogP contribution in [-0.2, 0) is 6.54 Å². The molecule has 0 radical (unpaired) electrons. The van der Waals surface area contributed by atoms with Crippen molar-refractivity contribution in [3.63, 3.8) is 0 Å². The highest BCUT2D eigenvalue weighted by atomic mass is 32.1. The average Bonchev–Trinajstić information content (AvgIpc) is 2.47.